The molecule has 0 aliphatic rings. The number of hydrogen-bond donors (Lipinski definition) is 0. The van der Waals surface area contributed by atoms with E-state index in [2.05, 4.69) is 21.4 Å². The highest BCUT2D eigenvalue weighted by atomic mass is 19.4. The molecule has 0 aromatic carbocycles. The van der Waals surface area contributed by atoms with Gasteiger partial charge in [-0.1, -0.05) is 0 Å². The smallest absolute Gasteiger partial charge is 0.422 e. The summed E-state index contributed by atoms with van der Waals surface area (Å²) >= 11 is 0. The second kappa shape index (κ2) is 3.95. The van der Waals surface area contributed by atoms with Crippen molar-refractivity contribution in [2.75, 3.05) is 13.7 Å². The van der Waals surface area contributed by atoms with E-state index in [0.29, 0.717) is 0 Å². The standard InChI is InChI=1S/C5H7F3N2O/c1-9-4(10-2)11-3-5(6,7)8/h1,3H2,2H3. The molecule has 64 valence electrons. The van der Waals surface area contributed by atoms with Gasteiger partial charge in [0.1, 0.15) is 0 Å². The molecule has 0 spiro atoms. The van der Waals surface area contributed by atoms with E-state index in [0.717, 1.165) is 0 Å². The lowest BCUT2D eigenvalue weighted by Gasteiger charge is -2.06. The molecule has 0 saturated carbocycles. The fourth-order valence-corrected chi connectivity index (χ4v) is 0.327. The molecule has 0 N–H and O–H groups in total. The zero-order chi connectivity index (χ0) is 8.91. The van der Waals surface area contributed by atoms with Crippen molar-refractivity contribution in [3.05, 3.63) is 0 Å². The maximum Gasteiger partial charge on any atom is 0.422 e. The molecule has 11 heavy (non-hydrogen) atoms. The summed E-state index contributed by atoms with van der Waals surface area (Å²) in [5, 5.41) is 0. The number of hydrogen-bond acceptors (Lipinski definition) is 2. The summed E-state index contributed by atoms with van der Waals surface area (Å²) in [6.45, 7) is 1.57. The zero-order valence-corrected chi connectivity index (χ0v) is 5.85. The van der Waals surface area contributed by atoms with Crippen molar-refractivity contribution in [3.63, 3.8) is 0 Å². The molecule has 3 nitrogen and oxygen atoms in total. The summed E-state index contributed by atoms with van der Waals surface area (Å²) in [5.41, 5.74) is 0. The van der Waals surface area contributed by atoms with Crippen LogP contribution in [0.2, 0.25) is 0 Å². The van der Waals surface area contributed by atoms with E-state index >= 15 is 0 Å². The van der Waals surface area contributed by atoms with Crippen LogP contribution in [-0.4, -0.2) is 32.6 Å². The van der Waals surface area contributed by atoms with Crippen LogP contribution in [0.25, 0.3) is 0 Å². The van der Waals surface area contributed by atoms with Crippen molar-refractivity contribution in [1.29, 1.82) is 0 Å². The Morgan fingerprint density at radius 1 is 1.55 bits per heavy atom. The summed E-state index contributed by atoms with van der Waals surface area (Å²) in [6.07, 6.45) is -4.36. The Bertz CT molecular complexity index is 164. The third kappa shape index (κ3) is 5.38. The number of aliphatic imine (C=N–C) groups is 2. The Morgan fingerprint density at radius 2 is 2.09 bits per heavy atom. The van der Waals surface area contributed by atoms with E-state index in [1.165, 1.54) is 7.05 Å². The van der Waals surface area contributed by atoms with Crippen LogP contribution in [-0.2, 0) is 4.74 Å². The minimum absolute atomic E-state index is 0.359. The second-order valence-corrected chi connectivity index (χ2v) is 1.57. The van der Waals surface area contributed by atoms with Gasteiger partial charge < -0.3 is 4.74 Å². The summed E-state index contributed by atoms with van der Waals surface area (Å²) in [5.74, 6) is 0. The van der Waals surface area contributed by atoms with E-state index < -0.39 is 12.8 Å². The minimum Gasteiger partial charge on any atom is -0.454 e. The molecule has 0 unspecified atom stereocenters. The first-order chi connectivity index (χ1) is 4.99. The Hall–Kier alpha value is -1.07. The molecule has 6 heteroatoms. The largest absolute Gasteiger partial charge is 0.454 e. The summed E-state index contributed by atoms with van der Waals surface area (Å²) in [6, 6.07) is -0.359. The van der Waals surface area contributed by atoms with E-state index in [9.17, 15) is 13.2 Å². The number of alkyl halides is 3. The molecule has 0 aliphatic carbocycles. The molecular weight excluding hydrogens is 161 g/mol. The van der Waals surface area contributed by atoms with Crippen molar-refractivity contribution in [2.45, 2.75) is 6.18 Å². The van der Waals surface area contributed by atoms with Crippen molar-refractivity contribution in [1.82, 2.24) is 0 Å². The van der Waals surface area contributed by atoms with Gasteiger partial charge in [0.2, 0.25) is 0 Å². The Kier molecular flexibility index (Phi) is 3.56. The van der Waals surface area contributed by atoms with Gasteiger partial charge in [-0.3, -0.25) is 0 Å². The van der Waals surface area contributed by atoms with Gasteiger partial charge in [0, 0.05) is 7.05 Å². The Morgan fingerprint density at radius 3 is 2.36 bits per heavy atom. The summed E-state index contributed by atoms with van der Waals surface area (Å²) < 4.78 is 38.4. The molecule has 0 saturated heterocycles. The average molecular weight is 168 g/mol. The van der Waals surface area contributed by atoms with Gasteiger partial charge in [0.15, 0.2) is 6.61 Å². The van der Waals surface area contributed by atoms with Crippen LogP contribution < -0.4 is 0 Å². The lowest BCUT2D eigenvalue weighted by atomic mass is 10.7. The Labute approximate surface area is 61.6 Å². The number of ether oxygens (including phenoxy) is 1. The minimum atomic E-state index is -4.36. The van der Waals surface area contributed by atoms with Crippen LogP contribution in [0.1, 0.15) is 0 Å². The topological polar surface area (TPSA) is 34.0 Å². The summed E-state index contributed by atoms with van der Waals surface area (Å²) in [7, 11) is 1.26. The van der Waals surface area contributed by atoms with Crippen LogP contribution in [0.3, 0.4) is 0 Å². The van der Waals surface area contributed by atoms with Crippen molar-refractivity contribution < 1.29 is 17.9 Å². The normalized spacial score (nSPS) is 12.9. The first kappa shape index (κ1) is 9.93. The fourth-order valence-electron chi connectivity index (χ4n) is 0.327. The second-order valence-electron chi connectivity index (χ2n) is 1.57. The molecule has 0 fully saturated rings. The third-order valence-corrected chi connectivity index (χ3v) is 0.691. The lowest BCUT2D eigenvalue weighted by Crippen LogP contribution is -2.19. The number of amidine groups is 1. The van der Waals surface area contributed by atoms with Crippen LogP contribution >= 0.6 is 0 Å². The monoisotopic (exact) mass is 168 g/mol. The zero-order valence-electron chi connectivity index (χ0n) is 5.85. The van der Waals surface area contributed by atoms with Crippen LogP contribution in [0.4, 0.5) is 13.2 Å². The third-order valence-electron chi connectivity index (χ3n) is 0.691. The molecule has 0 aromatic rings. The highest BCUT2D eigenvalue weighted by Gasteiger charge is 2.28. The Balaban J connectivity index is 3.79. The SMILES string of the molecule is C=NC(=NC)OCC(F)(F)F. The van der Waals surface area contributed by atoms with Crippen LogP contribution in [0, 0.1) is 0 Å². The number of rotatable bonds is 1. The fraction of sp³-hybridized carbons (Fsp3) is 0.600. The first-order valence-electron chi connectivity index (χ1n) is 2.62. The van der Waals surface area contributed by atoms with E-state index in [-0.39, 0.29) is 6.02 Å². The molecule has 0 rings (SSSR count). The molecule has 0 atom stereocenters. The van der Waals surface area contributed by atoms with Gasteiger partial charge in [-0.15, -0.1) is 0 Å². The van der Waals surface area contributed by atoms with Crippen LogP contribution in [0.5, 0.6) is 0 Å². The highest BCUT2D eigenvalue weighted by Crippen LogP contribution is 2.14. The predicted octanol–water partition coefficient (Wildman–Crippen LogP) is 1.25. The van der Waals surface area contributed by atoms with E-state index in [1.807, 2.05) is 0 Å². The first-order valence-corrected chi connectivity index (χ1v) is 2.62. The highest BCUT2D eigenvalue weighted by molar-refractivity contribution is 5.78. The molecule has 0 aromatic heterocycles. The molecule has 0 aliphatic heterocycles. The van der Waals surface area contributed by atoms with Gasteiger partial charge >= 0.3 is 12.2 Å². The van der Waals surface area contributed by atoms with Crippen molar-refractivity contribution >= 4 is 12.7 Å². The average Bonchev–Trinajstić information content (AvgIpc) is 1.88. The van der Waals surface area contributed by atoms with Gasteiger partial charge in [0.25, 0.3) is 0 Å². The van der Waals surface area contributed by atoms with E-state index in [1.54, 1.807) is 0 Å². The molecule has 0 heterocycles. The molecule has 0 bridgehead atoms. The predicted molar refractivity (Wildman–Crippen MR) is 34.9 cm³/mol. The van der Waals surface area contributed by atoms with Crippen molar-refractivity contribution in [2.24, 2.45) is 9.98 Å². The quantitative estimate of drug-likeness (QED) is 0.428. The maximum absolute atomic E-state index is 11.4. The van der Waals surface area contributed by atoms with Crippen molar-refractivity contribution in [3.8, 4) is 0 Å². The van der Waals surface area contributed by atoms with Gasteiger partial charge in [-0.25, -0.2) is 9.98 Å². The maximum atomic E-state index is 11.4. The van der Waals surface area contributed by atoms with Gasteiger partial charge in [-0.05, 0) is 6.72 Å². The van der Waals surface area contributed by atoms with Gasteiger partial charge in [0.05, 0.1) is 0 Å². The lowest BCUT2D eigenvalue weighted by molar-refractivity contribution is -0.156. The summed E-state index contributed by atoms with van der Waals surface area (Å²) in [4.78, 5) is 6.36. The van der Waals surface area contributed by atoms with E-state index in [4.69, 9.17) is 0 Å². The molecule has 0 amide bonds. The molecular formula is C5H7F3N2O. The van der Waals surface area contributed by atoms with Gasteiger partial charge in [-0.2, -0.15) is 13.2 Å². The molecule has 0 radical (unpaired) electrons. The number of nitrogens with zero attached hydrogens (tertiary/aromatic N) is 2. The van der Waals surface area contributed by atoms with Crippen LogP contribution in [0.15, 0.2) is 9.98 Å². The number of halogens is 3.